The number of halogens is 3. The summed E-state index contributed by atoms with van der Waals surface area (Å²) in [6.07, 6.45) is 6.49. The molecule has 0 spiro atoms. The van der Waals surface area contributed by atoms with Gasteiger partial charge in [-0.25, -0.2) is 0 Å². The quantitative estimate of drug-likeness (QED) is 0.705. The topological polar surface area (TPSA) is 35.2 Å². The van der Waals surface area contributed by atoms with Crippen LogP contribution >= 0.6 is 0 Å². The molecule has 2 aliphatic carbocycles. The summed E-state index contributed by atoms with van der Waals surface area (Å²) in [5, 5.41) is 0. The second-order valence-electron chi connectivity index (χ2n) is 7.34. The summed E-state index contributed by atoms with van der Waals surface area (Å²) in [6.45, 7) is 0. The summed E-state index contributed by atoms with van der Waals surface area (Å²) in [5.74, 6) is 1.86. The Balaban J connectivity index is 1.57. The summed E-state index contributed by atoms with van der Waals surface area (Å²) >= 11 is 0. The summed E-state index contributed by atoms with van der Waals surface area (Å²) in [4.78, 5) is 0. The van der Waals surface area contributed by atoms with Gasteiger partial charge in [-0.05, 0) is 49.7 Å². The molecule has 134 valence electrons. The molecule has 0 amide bonds. The molecule has 0 bridgehead atoms. The molecule has 2 aliphatic rings. The predicted molar refractivity (Wildman–Crippen MR) is 88.8 cm³/mol. The average molecular weight is 341 g/mol. The van der Waals surface area contributed by atoms with Gasteiger partial charge in [-0.2, -0.15) is 13.2 Å². The van der Waals surface area contributed by atoms with E-state index in [2.05, 4.69) is 0 Å². The van der Waals surface area contributed by atoms with Crippen molar-refractivity contribution in [3.63, 3.8) is 0 Å². The summed E-state index contributed by atoms with van der Waals surface area (Å²) in [5.41, 5.74) is 4.95. The molecule has 0 radical (unpaired) electrons. The maximum absolute atomic E-state index is 12.9. The van der Waals surface area contributed by atoms with Gasteiger partial charge in [0.05, 0.1) is 11.7 Å². The molecule has 3 rings (SSSR count). The van der Waals surface area contributed by atoms with Crippen molar-refractivity contribution in [2.24, 2.45) is 11.8 Å². The Morgan fingerprint density at radius 2 is 1.46 bits per heavy atom. The highest BCUT2D eigenvalue weighted by molar-refractivity contribution is 5.48. The zero-order valence-corrected chi connectivity index (χ0v) is 13.9. The van der Waals surface area contributed by atoms with Crippen LogP contribution in [-0.2, 0) is 6.18 Å². The van der Waals surface area contributed by atoms with E-state index in [0.29, 0.717) is 0 Å². The molecule has 24 heavy (non-hydrogen) atoms. The Labute approximate surface area is 141 Å². The van der Waals surface area contributed by atoms with Crippen LogP contribution in [0.1, 0.15) is 63.4 Å². The third kappa shape index (κ3) is 4.37. The van der Waals surface area contributed by atoms with Crippen molar-refractivity contribution in [2.45, 2.75) is 70.1 Å². The first kappa shape index (κ1) is 17.4. The minimum atomic E-state index is -4.40. The van der Waals surface area contributed by atoms with E-state index in [1.54, 1.807) is 0 Å². The standard InChI is InChI=1S/C19H26F3NO/c20-19(21,22)15-10-16(23)12-18(11-15)24-17-8-6-14(7-9-17)13-4-2-1-3-5-13/h10-14,17H,1-9,23H2. The van der Waals surface area contributed by atoms with Crippen LogP contribution in [0.15, 0.2) is 18.2 Å². The maximum Gasteiger partial charge on any atom is 0.416 e. The Morgan fingerprint density at radius 3 is 2.08 bits per heavy atom. The van der Waals surface area contributed by atoms with Crippen LogP contribution < -0.4 is 10.5 Å². The molecule has 0 saturated heterocycles. The molecular formula is C19H26F3NO. The number of ether oxygens (including phenoxy) is 1. The largest absolute Gasteiger partial charge is 0.490 e. The van der Waals surface area contributed by atoms with Gasteiger partial charge in [0, 0.05) is 11.8 Å². The molecule has 0 unspecified atom stereocenters. The molecule has 1 aromatic rings. The van der Waals surface area contributed by atoms with Gasteiger partial charge in [-0.3, -0.25) is 0 Å². The van der Waals surface area contributed by atoms with Crippen LogP contribution in [0.4, 0.5) is 18.9 Å². The second kappa shape index (κ2) is 7.24. The summed E-state index contributed by atoms with van der Waals surface area (Å²) in [7, 11) is 0. The minimum Gasteiger partial charge on any atom is -0.490 e. The highest BCUT2D eigenvalue weighted by Gasteiger charge is 2.32. The first-order valence-corrected chi connectivity index (χ1v) is 9.06. The number of hydrogen-bond acceptors (Lipinski definition) is 2. The number of rotatable bonds is 3. The van der Waals surface area contributed by atoms with Crippen molar-refractivity contribution in [3.05, 3.63) is 23.8 Å². The van der Waals surface area contributed by atoms with E-state index in [0.717, 1.165) is 49.7 Å². The van der Waals surface area contributed by atoms with Crippen LogP contribution in [0, 0.1) is 11.8 Å². The lowest BCUT2D eigenvalue weighted by Gasteiger charge is -2.36. The van der Waals surface area contributed by atoms with Crippen LogP contribution in [-0.4, -0.2) is 6.10 Å². The fourth-order valence-electron chi connectivity index (χ4n) is 4.33. The molecule has 0 atom stereocenters. The van der Waals surface area contributed by atoms with Crippen LogP contribution in [0.3, 0.4) is 0 Å². The normalized spacial score (nSPS) is 26.3. The number of hydrogen-bond donors (Lipinski definition) is 1. The van der Waals surface area contributed by atoms with Crippen molar-refractivity contribution in [2.75, 3.05) is 5.73 Å². The lowest BCUT2D eigenvalue weighted by atomic mass is 9.73. The van der Waals surface area contributed by atoms with Crippen molar-refractivity contribution in [3.8, 4) is 5.75 Å². The molecule has 5 heteroatoms. The third-order valence-corrected chi connectivity index (χ3v) is 5.59. The monoisotopic (exact) mass is 341 g/mol. The van der Waals surface area contributed by atoms with Gasteiger partial charge >= 0.3 is 6.18 Å². The van der Waals surface area contributed by atoms with Crippen LogP contribution in [0.2, 0.25) is 0 Å². The maximum atomic E-state index is 12.9. The molecule has 1 aromatic carbocycles. The van der Waals surface area contributed by atoms with Crippen molar-refractivity contribution in [1.82, 2.24) is 0 Å². The number of nitrogens with two attached hydrogens (primary N) is 1. The summed E-state index contributed by atoms with van der Waals surface area (Å²) in [6, 6.07) is 3.50. The van der Waals surface area contributed by atoms with E-state index in [1.165, 1.54) is 38.2 Å². The van der Waals surface area contributed by atoms with E-state index < -0.39 is 11.7 Å². The molecule has 0 aliphatic heterocycles. The SMILES string of the molecule is Nc1cc(OC2CCC(C3CCCCC3)CC2)cc(C(F)(F)F)c1. The molecule has 2 nitrogen and oxygen atoms in total. The van der Waals surface area contributed by atoms with Crippen molar-refractivity contribution < 1.29 is 17.9 Å². The van der Waals surface area contributed by atoms with E-state index in [-0.39, 0.29) is 17.5 Å². The fourth-order valence-corrected chi connectivity index (χ4v) is 4.33. The smallest absolute Gasteiger partial charge is 0.416 e. The van der Waals surface area contributed by atoms with Gasteiger partial charge < -0.3 is 10.5 Å². The predicted octanol–water partition coefficient (Wildman–Crippen LogP) is 5.81. The number of anilines is 1. The Bertz CT molecular complexity index is 544. The van der Waals surface area contributed by atoms with E-state index in [4.69, 9.17) is 10.5 Å². The Hall–Kier alpha value is -1.39. The molecule has 2 saturated carbocycles. The zero-order valence-electron chi connectivity index (χ0n) is 13.9. The fraction of sp³-hybridized carbons (Fsp3) is 0.684. The van der Waals surface area contributed by atoms with E-state index in [9.17, 15) is 13.2 Å². The first-order valence-electron chi connectivity index (χ1n) is 9.06. The lowest BCUT2D eigenvalue weighted by Crippen LogP contribution is -2.28. The highest BCUT2D eigenvalue weighted by atomic mass is 19.4. The highest BCUT2D eigenvalue weighted by Crippen LogP contribution is 2.40. The second-order valence-corrected chi connectivity index (χ2v) is 7.34. The minimum absolute atomic E-state index is 0.00715. The van der Waals surface area contributed by atoms with Gasteiger partial charge in [0.15, 0.2) is 0 Å². The molecule has 2 N–H and O–H groups in total. The van der Waals surface area contributed by atoms with Gasteiger partial charge in [0.1, 0.15) is 5.75 Å². The van der Waals surface area contributed by atoms with Gasteiger partial charge in [-0.15, -0.1) is 0 Å². The van der Waals surface area contributed by atoms with Crippen molar-refractivity contribution >= 4 is 5.69 Å². The van der Waals surface area contributed by atoms with Crippen molar-refractivity contribution in [1.29, 1.82) is 0 Å². The Kier molecular flexibility index (Phi) is 5.26. The number of nitrogen functional groups attached to an aromatic ring is 1. The number of benzene rings is 1. The van der Waals surface area contributed by atoms with Gasteiger partial charge in [0.2, 0.25) is 0 Å². The lowest BCUT2D eigenvalue weighted by molar-refractivity contribution is -0.137. The third-order valence-electron chi connectivity index (χ3n) is 5.59. The molecule has 0 heterocycles. The molecule has 0 aromatic heterocycles. The van der Waals surface area contributed by atoms with Crippen LogP contribution in [0.25, 0.3) is 0 Å². The summed E-state index contributed by atoms with van der Waals surface area (Å²) < 4.78 is 44.4. The first-order chi connectivity index (χ1) is 11.4. The van der Waals surface area contributed by atoms with Gasteiger partial charge in [-0.1, -0.05) is 32.1 Å². The van der Waals surface area contributed by atoms with E-state index >= 15 is 0 Å². The average Bonchev–Trinajstić information content (AvgIpc) is 2.55. The molecular weight excluding hydrogens is 315 g/mol. The number of alkyl halides is 3. The van der Waals surface area contributed by atoms with Gasteiger partial charge in [0.25, 0.3) is 0 Å². The van der Waals surface area contributed by atoms with Crippen LogP contribution in [0.5, 0.6) is 5.75 Å². The molecule has 2 fully saturated rings. The van der Waals surface area contributed by atoms with E-state index in [1.807, 2.05) is 0 Å². The Morgan fingerprint density at radius 1 is 0.833 bits per heavy atom. The zero-order chi connectivity index (χ0) is 17.2.